The minimum Gasteiger partial charge on any atom is -0.349 e. The second kappa shape index (κ2) is 7.02. The van der Waals surface area contributed by atoms with Crippen molar-refractivity contribution in [2.45, 2.75) is 33.2 Å². The molecule has 0 unspecified atom stereocenters. The molecule has 116 valence electrons. The Labute approximate surface area is 129 Å². The van der Waals surface area contributed by atoms with E-state index in [0.29, 0.717) is 17.3 Å². The Morgan fingerprint density at radius 1 is 1.23 bits per heavy atom. The molecule has 0 aliphatic heterocycles. The Balaban J connectivity index is 2.16. The van der Waals surface area contributed by atoms with Crippen molar-refractivity contribution < 1.29 is 4.79 Å². The Morgan fingerprint density at radius 2 is 2.00 bits per heavy atom. The highest BCUT2D eigenvalue weighted by Crippen LogP contribution is 2.11. The van der Waals surface area contributed by atoms with Crippen LogP contribution in [0, 0.1) is 5.92 Å². The van der Waals surface area contributed by atoms with Gasteiger partial charge in [0, 0.05) is 12.2 Å². The topological polar surface area (TPSA) is 74.8 Å². The third-order valence-corrected chi connectivity index (χ3v) is 3.30. The number of carbonyl (C=O) groups excluding carboxylic acids is 1. The lowest BCUT2D eigenvalue weighted by Crippen LogP contribution is -2.36. The van der Waals surface area contributed by atoms with Crippen molar-refractivity contribution in [2.24, 2.45) is 5.92 Å². The van der Waals surface area contributed by atoms with E-state index in [4.69, 9.17) is 0 Å². The number of rotatable bonds is 5. The zero-order chi connectivity index (χ0) is 16.1. The Hall–Kier alpha value is -2.43. The number of nitrogens with one attached hydrogen (secondary N) is 2. The fourth-order valence-electron chi connectivity index (χ4n) is 2.39. The van der Waals surface area contributed by atoms with E-state index in [1.807, 2.05) is 13.0 Å². The van der Waals surface area contributed by atoms with Gasteiger partial charge in [0.05, 0.1) is 11.4 Å². The molecule has 22 heavy (non-hydrogen) atoms. The van der Waals surface area contributed by atoms with E-state index in [-0.39, 0.29) is 17.5 Å². The maximum Gasteiger partial charge on any atom is 0.261 e. The summed E-state index contributed by atoms with van der Waals surface area (Å²) in [6.45, 7) is 6.13. The van der Waals surface area contributed by atoms with Crippen molar-refractivity contribution in [2.75, 3.05) is 0 Å². The van der Waals surface area contributed by atoms with Gasteiger partial charge in [-0.25, -0.2) is 0 Å². The minimum absolute atomic E-state index is 0.0300. The molecule has 0 bridgehead atoms. The first-order chi connectivity index (χ1) is 10.5. The summed E-state index contributed by atoms with van der Waals surface area (Å²) in [7, 11) is 0. The fourth-order valence-corrected chi connectivity index (χ4v) is 2.39. The van der Waals surface area contributed by atoms with Crippen molar-refractivity contribution in [3.05, 3.63) is 52.4 Å². The lowest BCUT2D eigenvalue weighted by atomic mass is 10.0. The maximum absolute atomic E-state index is 12.2. The van der Waals surface area contributed by atoms with Crippen molar-refractivity contribution >= 4 is 5.91 Å². The normalized spacial score (nSPS) is 12.2. The average Bonchev–Trinajstić information content (AvgIpc) is 2.46. The summed E-state index contributed by atoms with van der Waals surface area (Å²) in [5, 5.41) is 2.85. The van der Waals surface area contributed by atoms with E-state index in [1.54, 1.807) is 30.5 Å². The van der Waals surface area contributed by atoms with Crippen molar-refractivity contribution in [1.29, 1.82) is 0 Å². The van der Waals surface area contributed by atoms with Crippen LogP contribution in [0.15, 0.2) is 41.3 Å². The van der Waals surface area contributed by atoms with E-state index >= 15 is 0 Å². The summed E-state index contributed by atoms with van der Waals surface area (Å²) in [6, 6.07) is 8.72. The molecule has 0 spiro atoms. The lowest BCUT2D eigenvalue weighted by Gasteiger charge is -2.15. The van der Waals surface area contributed by atoms with E-state index in [1.165, 1.54) is 0 Å². The molecule has 0 saturated carbocycles. The van der Waals surface area contributed by atoms with Gasteiger partial charge in [-0.2, -0.15) is 0 Å². The first kappa shape index (κ1) is 15.9. The monoisotopic (exact) mass is 299 g/mol. The van der Waals surface area contributed by atoms with Gasteiger partial charge >= 0.3 is 0 Å². The van der Waals surface area contributed by atoms with Crippen LogP contribution in [0.4, 0.5) is 0 Å². The average molecular weight is 299 g/mol. The third kappa shape index (κ3) is 4.04. The lowest BCUT2D eigenvalue weighted by molar-refractivity contribution is 0.0934. The zero-order valence-electron chi connectivity index (χ0n) is 13.1. The summed E-state index contributed by atoms with van der Waals surface area (Å²) in [5.41, 5.74) is 0.977. The van der Waals surface area contributed by atoms with E-state index in [2.05, 4.69) is 29.1 Å². The molecule has 1 amide bonds. The molecule has 2 aromatic heterocycles. The van der Waals surface area contributed by atoms with E-state index in [9.17, 15) is 9.59 Å². The van der Waals surface area contributed by atoms with Crippen LogP contribution in [0.25, 0.3) is 11.4 Å². The predicted octanol–water partition coefficient (Wildman–Crippen LogP) is 2.60. The molecule has 2 aromatic rings. The van der Waals surface area contributed by atoms with Crippen LogP contribution in [0.2, 0.25) is 0 Å². The third-order valence-electron chi connectivity index (χ3n) is 3.30. The van der Waals surface area contributed by atoms with Crippen molar-refractivity contribution in [3.8, 4) is 11.4 Å². The first-order valence-electron chi connectivity index (χ1n) is 7.43. The highest BCUT2D eigenvalue weighted by atomic mass is 16.2. The van der Waals surface area contributed by atoms with Gasteiger partial charge < -0.3 is 10.3 Å². The Morgan fingerprint density at radius 3 is 2.59 bits per heavy atom. The largest absolute Gasteiger partial charge is 0.349 e. The number of hydrogen-bond donors (Lipinski definition) is 2. The highest BCUT2D eigenvalue weighted by molar-refractivity contribution is 5.94. The summed E-state index contributed by atoms with van der Waals surface area (Å²) < 4.78 is 0. The van der Waals surface area contributed by atoms with Crippen LogP contribution < -0.4 is 10.9 Å². The summed E-state index contributed by atoms with van der Waals surface area (Å²) in [5.74, 6) is 0.141. The van der Waals surface area contributed by atoms with Gasteiger partial charge in [0.25, 0.3) is 11.5 Å². The maximum atomic E-state index is 12.2. The molecular weight excluding hydrogens is 278 g/mol. The van der Waals surface area contributed by atoms with Gasteiger partial charge in [-0.1, -0.05) is 19.9 Å². The van der Waals surface area contributed by atoms with Crippen LogP contribution in [-0.4, -0.2) is 21.9 Å². The molecule has 0 radical (unpaired) electrons. The quantitative estimate of drug-likeness (QED) is 0.891. The molecule has 0 aliphatic carbocycles. The van der Waals surface area contributed by atoms with Gasteiger partial charge in [0.1, 0.15) is 5.56 Å². The van der Waals surface area contributed by atoms with Crippen molar-refractivity contribution in [1.82, 2.24) is 15.3 Å². The van der Waals surface area contributed by atoms with Crippen molar-refractivity contribution in [3.63, 3.8) is 0 Å². The Bertz CT molecular complexity index is 693. The number of aromatic nitrogens is 2. The van der Waals surface area contributed by atoms with Crippen LogP contribution in [-0.2, 0) is 0 Å². The number of pyridine rings is 2. The van der Waals surface area contributed by atoms with Crippen LogP contribution in [0.5, 0.6) is 0 Å². The summed E-state index contributed by atoms with van der Waals surface area (Å²) in [6.07, 6.45) is 2.53. The molecule has 0 fully saturated rings. The van der Waals surface area contributed by atoms with Crippen LogP contribution in [0.3, 0.4) is 0 Å². The summed E-state index contributed by atoms with van der Waals surface area (Å²) >= 11 is 0. The van der Waals surface area contributed by atoms with E-state index < -0.39 is 5.56 Å². The minimum atomic E-state index is -0.405. The van der Waals surface area contributed by atoms with Gasteiger partial charge in [0.15, 0.2) is 0 Å². The number of hydrogen-bond acceptors (Lipinski definition) is 3. The Kier molecular flexibility index (Phi) is 5.09. The molecule has 0 saturated heterocycles. The number of nitrogens with zero attached hydrogens (tertiary/aromatic N) is 1. The zero-order valence-corrected chi connectivity index (χ0v) is 13.1. The molecule has 5 nitrogen and oxygen atoms in total. The smallest absolute Gasteiger partial charge is 0.261 e. The van der Waals surface area contributed by atoms with E-state index in [0.717, 1.165) is 6.42 Å². The number of aromatic amines is 1. The molecule has 2 rings (SSSR count). The molecule has 1 atom stereocenters. The highest BCUT2D eigenvalue weighted by Gasteiger charge is 2.14. The van der Waals surface area contributed by atoms with Crippen LogP contribution in [0.1, 0.15) is 37.6 Å². The number of amides is 1. The number of H-pyrrole nitrogens is 1. The molecule has 5 heteroatoms. The van der Waals surface area contributed by atoms with Gasteiger partial charge in [-0.15, -0.1) is 0 Å². The molecular formula is C17H21N3O2. The van der Waals surface area contributed by atoms with Gasteiger partial charge in [-0.3, -0.25) is 14.6 Å². The van der Waals surface area contributed by atoms with Gasteiger partial charge in [-0.05, 0) is 43.5 Å². The standard InChI is InChI=1S/C17H21N3O2/c1-11(2)10-12(3)19-16(21)13-7-8-15(20-17(13)22)14-6-4-5-9-18-14/h4-9,11-12H,10H2,1-3H3,(H,19,21)(H,20,22)/t12-/m0/s1. The van der Waals surface area contributed by atoms with Gasteiger partial charge in [0.2, 0.25) is 0 Å². The SMILES string of the molecule is CC(C)C[C@H](C)NC(=O)c1ccc(-c2ccccn2)[nH]c1=O. The first-order valence-corrected chi connectivity index (χ1v) is 7.43. The second-order valence-electron chi connectivity index (χ2n) is 5.83. The molecule has 0 aliphatic rings. The second-order valence-corrected chi connectivity index (χ2v) is 5.83. The van der Waals surface area contributed by atoms with Crippen LogP contribution >= 0.6 is 0 Å². The molecule has 0 aromatic carbocycles. The fraction of sp³-hybridized carbons (Fsp3) is 0.353. The molecule has 2 heterocycles. The summed E-state index contributed by atoms with van der Waals surface area (Å²) in [4.78, 5) is 31.2. The number of carbonyl (C=O) groups is 1. The predicted molar refractivity (Wildman–Crippen MR) is 86.7 cm³/mol. The molecule has 2 N–H and O–H groups in total.